The van der Waals surface area contributed by atoms with E-state index in [9.17, 15) is 4.79 Å². The van der Waals surface area contributed by atoms with Crippen LogP contribution in [0.25, 0.3) is 10.9 Å². The summed E-state index contributed by atoms with van der Waals surface area (Å²) in [6, 6.07) is 13.6. The van der Waals surface area contributed by atoms with Gasteiger partial charge in [-0.1, -0.05) is 12.1 Å². The Hall–Kier alpha value is -2.79. The quantitative estimate of drug-likeness (QED) is 0.574. The Morgan fingerprint density at radius 2 is 1.88 bits per heavy atom. The van der Waals surface area contributed by atoms with E-state index in [1.54, 1.807) is 0 Å². The number of aromatic nitrogens is 1. The van der Waals surface area contributed by atoms with Gasteiger partial charge < -0.3 is 20.9 Å². The first-order valence-electron chi connectivity index (χ1n) is 8.90. The van der Waals surface area contributed by atoms with Crippen LogP contribution in [0, 0.1) is 0 Å². The third-order valence-electron chi connectivity index (χ3n) is 4.54. The van der Waals surface area contributed by atoms with E-state index >= 15 is 0 Å². The van der Waals surface area contributed by atoms with E-state index in [0.29, 0.717) is 12.1 Å². The fourth-order valence-electron chi connectivity index (χ4n) is 2.98. The Morgan fingerprint density at radius 3 is 2.62 bits per heavy atom. The maximum atomic E-state index is 12.5. The van der Waals surface area contributed by atoms with Crippen LogP contribution in [0.4, 0.5) is 5.69 Å². The Labute approximate surface area is 154 Å². The zero-order chi connectivity index (χ0) is 18.5. The summed E-state index contributed by atoms with van der Waals surface area (Å²) in [5.41, 5.74) is 10.6. The van der Waals surface area contributed by atoms with Crippen LogP contribution in [-0.4, -0.2) is 43.0 Å². The minimum absolute atomic E-state index is 0.0397. The molecule has 2 aromatic carbocycles. The third-order valence-corrected chi connectivity index (χ3v) is 4.54. The first kappa shape index (κ1) is 18.0. The molecule has 0 atom stereocenters. The molecule has 1 amide bonds. The number of nitrogen functional groups attached to an aromatic ring is 1. The second kappa shape index (κ2) is 8.06. The molecule has 0 spiro atoms. The average Bonchev–Trinajstić information content (AvgIpc) is 3.03. The van der Waals surface area contributed by atoms with E-state index in [1.165, 1.54) is 5.56 Å². The SMILES string of the molecule is CN(C)CCc1c[nH]c2ccc(C(=O)NCCc3ccc(N)cc3)cc12. The molecular formula is C21H26N4O. The molecule has 0 fully saturated rings. The number of aromatic amines is 1. The van der Waals surface area contributed by atoms with Crippen LogP contribution in [-0.2, 0) is 12.8 Å². The van der Waals surface area contributed by atoms with Crippen molar-refractivity contribution in [2.24, 2.45) is 0 Å². The van der Waals surface area contributed by atoms with E-state index in [1.807, 2.05) is 48.7 Å². The van der Waals surface area contributed by atoms with Gasteiger partial charge in [0.1, 0.15) is 0 Å². The fourth-order valence-corrected chi connectivity index (χ4v) is 2.98. The van der Waals surface area contributed by atoms with Crippen molar-refractivity contribution >= 4 is 22.5 Å². The molecule has 0 radical (unpaired) electrons. The molecule has 4 N–H and O–H groups in total. The van der Waals surface area contributed by atoms with Crippen LogP contribution < -0.4 is 11.1 Å². The van der Waals surface area contributed by atoms with Crippen LogP contribution in [0.15, 0.2) is 48.7 Å². The number of amides is 1. The summed E-state index contributed by atoms with van der Waals surface area (Å²) in [5.74, 6) is -0.0397. The predicted molar refractivity (Wildman–Crippen MR) is 107 cm³/mol. The fraction of sp³-hybridized carbons (Fsp3) is 0.286. The molecule has 136 valence electrons. The maximum Gasteiger partial charge on any atom is 0.251 e. The first-order valence-corrected chi connectivity index (χ1v) is 8.90. The normalized spacial score (nSPS) is 11.2. The summed E-state index contributed by atoms with van der Waals surface area (Å²) in [6.07, 6.45) is 3.78. The van der Waals surface area contributed by atoms with E-state index in [4.69, 9.17) is 5.73 Å². The first-order chi connectivity index (χ1) is 12.5. The van der Waals surface area contributed by atoms with E-state index < -0.39 is 0 Å². The van der Waals surface area contributed by atoms with E-state index in [-0.39, 0.29) is 5.91 Å². The summed E-state index contributed by atoms with van der Waals surface area (Å²) in [6.45, 7) is 1.58. The van der Waals surface area contributed by atoms with Crippen molar-refractivity contribution < 1.29 is 4.79 Å². The lowest BCUT2D eigenvalue weighted by Crippen LogP contribution is -2.25. The third kappa shape index (κ3) is 4.43. The van der Waals surface area contributed by atoms with E-state index in [0.717, 1.165) is 41.5 Å². The van der Waals surface area contributed by atoms with Crippen LogP contribution >= 0.6 is 0 Å². The molecule has 0 unspecified atom stereocenters. The number of fused-ring (bicyclic) bond motifs is 1. The molecule has 5 nitrogen and oxygen atoms in total. The number of carbonyl (C=O) groups excluding carboxylic acids is 1. The highest BCUT2D eigenvalue weighted by Crippen LogP contribution is 2.20. The molecule has 0 aliphatic carbocycles. The molecule has 0 aliphatic heterocycles. The highest BCUT2D eigenvalue weighted by Gasteiger charge is 2.10. The number of likely N-dealkylation sites (N-methyl/N-ethyl adjacent to an activating group) is 1. The summed E-state index contributed by atoms with van der Waals surface area (Å²) < 4.78 is 0. The molecule has 26 heavy (non-hydrogen) atoms. The molecule has 0 saturated carbocycles. The second-order valence-corrected chi connectivity index (χ2v) is 6.88. The number of benzene rings is 2. The summed E-state index contributed by atoms with van der Waals surface area (Å²) >= 11 is 0. The van der Waals surface area contributed by atoms with Gasteiger partial charge in [-0.15, -0.1) is 0 Å². The van der Waals surface area contributed by atoms with Crippen molar-refractivity contribution in [1.29, 1.82) is 0 Å². The standard InChI is InChI=1S/C21H26N4O/c1-25(2)12-10-17-14-24-20-8-5-16(13-19(17)20)21(26)23-11-9-15-3-6-18(22)7-4-15/h3-8,13-14,24H,9-12,22H2,1-2H3,(H,23,26). The molecule has 0 bridgehead atoms. The number of hydrogen-bond acceptors (Lipinski definition) is 3. The molecule has 5 heteroatoms. The van der Waals surface area contributed by atoms with Gasteiger partial charge in [0.2, 0.25) is 0 Å². The lowest BCUT2D eigenvalue weighted by molar-refractivity contribution is 0.0954. The zero-order valence-corrected chi connectivity index (χ0v) is 15.4. The summed E-state index contributed by atoms with van der Waals surface area (Å²) in [5, 5.41) is 4.12. The number of nitrogens with two attached hydrogens (primary N) is 1. The molecule has 1 aromatic heterocycles. The lowest BCUT2D eigenvalue weighted by atomic mass is 10.1. The van der Waals surface area contributed by atoms with Gasteiger partial charge in [-0.05, 0) is 68.4 Å². The van der Waals surface area contributed by atoms with Gasteiger partial charge in [0.15, 0.2) is 0 Å². The number of nitrogens with one attached hydrogen (secondary N) is 2. The average molecular weight is 350 g/mol. The second-order valence-electron chi connectivity index (χ2n) is 6.88. The van der Waals surface area contributed by atoms with Crippen molar-refractivity contribution in [2.45, 2.75) is 12.8 Å². The smallest absolute Gasteiger partial charge is 0.251 e. The summed E-state index contributed by atoms with van der Waals surface area (Å²) in [7, 11) is 4.13. The van der Waals surface area contributed by atoms with Gasteiger partial charge in [-0.3, -0.25) is 4.79 Å². The molecule has 0 aliphatic rings. The van der Waals surface area contributed by atoms with Gasteiger partial charge in [0, 0.05) is 41.4 Å². The van der Waals surface area contributed by atoms with Crippen molar-refractivity contribution in [3.05, 3.63) is 65.4 Å². The number of nitrogens with zero attached hydrogens (tertiary/aromatic N) is 1. The lowest BCUT2D eigenvalue weighted by Gasteiger charge is -2.09. The Kier molecular flexibility index (Phi) is 5.58. The largest absolute Gasteiger partial charge is 0.399 e. The van der Waals surface area contributed by atoms with Crippen LogP contribution in [0.2, 0.25) is 0 Å². The number of H-pyrrole nitrogens is 1. The topological polar surface area (TPSA) is 74.2 Å². The molecule has 1 heterocycles. The highest BCUT2D eigenvalue weighted by molar-refractivity contribution is 5.98. The van der Waals surface area contributed by atoms with Gasteiger partial charge >= 0.3 is 0 Å². The van der Waals surface area contributed by atoms with Crippen molar-refractivity contribution in [3.8, 4) is 0 Å². The van der Waals surface area contributed by atoms with Crippen LogP contribution in [0.3, 0.4) is 0 Å². The molecular weight excluding hydrogens is 324 g/mol. The minimum atomic E-state index is -0.0397. The van der Waals surface area contributed by atoms with Gasteiger partial charge in [-0.2, -0.15) is 0 Å². The van der Waals surface area contributed by atoms with Gasteiger partial charge in [0.25, 0.3) is 5.91 Å². The van der Waals surface area contributed by atoms with Crippen LogP contribution in [0.1, 0.15) is 21.5 Å². The highest BCUT2D eigenvalue weighted by atomic mass is 16.1. The zero-order valence-electron chi connectivity index (χ0n) is 15.4. The summed E-state index contributed by atoms with van der Waals surface area (Å²) in [4.78, 5) is 17.9. The van der Waals surface area contributed by atoms with Crippen LogP contribution in [0.5, 0.6) is 0 Å². The minimum Gasteiger partial charge on any atom is -0.399 e. The molecule has 3 rings (SSSR count). The Morgan fingerprint density at radius 1 is 1.12 bits per heavy atom. The Bertz CT molecular complexity index is 881. The monoisotopic (exact) mass is 350 g/mol. The number of hydrogen-bond donors (Lipinski definition) is 3. The molecule has 0 saturated heterocycles. The van der Waals surface area contributed by atoms with E-state index in [2.05, 4.69) is 29.3 Å². The maximum absolute atomic E-state index is 12.5. The van der Waals surface area contributed by atoms with Crippen molar-refractivity contribution in [2.75, 3.05) is 32.9 Å². The van der Waals surface area contributed by atoms with Gasteiger partial charge in [-0.25, -0.2) is 0 Å². The number of rotatable bonds is 7. The van der Waals surface area contributed by atoms with Crippen molar-refractivity contribution in [1.82, 2.24) is 15.2 Å². The number of anilines is 1. The van der Waals surface area contributed by atoms with Crippen molar-refractivity contribution in [3.63, 3.8) is 0 Å². The predicted octanol–water partition coefficient (Wildman–Crippen LogP) is 2.83. The van der Waals surface area contributed by atoms with Gasteiger partial charge in [0.05, 0.1) is 0 Å². The molecule has 3 aromatic rings. The number of carbonyl (C=O) groups is 1. The Balaban J connectivity index is 1.64.